The van der Waals surface area contributed by atoms with Gasteiger partial charge in [0, 0.05) is 16.6 Å². The van der Waals surface area contributed by atoms with Crippen LogP contribution >= 0.6 is 22.9 Å². The molecule has 9 heteroatoms. The fourth-order valence-corrected chi connectivity index (χ4v) is 3.20. The molecule has 0 fully saturated rings. The first kappa shape index (κ1) is 20.9. The third kappa shape index (κ3) is 6.04. The van der Waals surface area contributed by atoms with E-state index in [0.29, 0.717) is 20.6 Å². The van der Waals surface area contributed by atoms with Crippen LogP contribution in [0.15, 0.2) is 24.3 Å². The van der Waals surface area contributed by atoms with E-state index in [-0.39, 0.29) is 6.04 Å². The Morgan fingerprint density at radius 3 is 2.74 bits per heavy atom. The largest absolute Gasteiger partial charge is 0.451 e. The van der Waals surface area contributed by atoms with Gasteiger partial charge in [0.15, 0.2) is 6.61 Å². The maximum Gasteiger partial charge on any atom is 0.350 e. The smallest absolute Gasteiger partial charge is 0.350 e. The molecule has 0 saturated heterocycles. The Bertz CT molecular complexity index is 853. The number of rotatable bonds is 6. The molecule has 0 aliphatic carbocycles. The highest BCUT2D eigenvalue weighted by Crippen LogP contribution is 2.29. The fraction of sp³-hybridized carbons (Fsp3) is 0.333. The molecule has 0 spiro atoms. The predicted octanol–water partition coefficient (Wildman–Crippen LogP) is 3.55. The van der Waals surface area contributed by atoms with Crippen LogP contribution in [0.3, 0.4) is 0 Å². The SMILES string of the molecule is CC[C@@H](C)NC(=O)NC(=O)COC(=O)c1sc(-c2cccc(Cl)c2)nc1C. The van der Waals surface area contributed by atoms with Crippen molar-refractivity contribution in [2.24, 2.45) is 0 Å². The molecular weight excluding hydrogens is 390 g/mol. The zero-order chi connectivity index (χ0) is 20.0. The fourth-order valence-electron chi connectivity index (χ4n) is 2.05. The lowest BCUT2D eigenvalue weighted by atomic mass is 10.2. The first-order chi connectivity index (χ1) is 12.8. The van der Waals surface area contributed by atoms with E-state index in [1.165, 1.54) is 0 Å². The second-order valence-corrected chi connectivity index (χ2v) is 7.29. The molecule has 2 aromatic rings. The first-order valence-corrected chi connectivity index (χ1v) is 9.50. The Kier molecular flexibility index (Phi) is 7.32. The van der Waals surface area contributed by atoms with Crippen molar-refractivity contribution in [2.75, 3.05) is 6.61 Å². The van der Waals surface area contributed by atoms with Crippen molar-refractivity contribution >= 4 is 40.8 Å². The van der Waals surface area contributed by atoms with Crippen molar-refractivity contribution in [3.8, 4) is 10.6 Å². The molecule has 2 N–H and O–H groups in total. The molecule has 0 radical (unpaired) electrons. The van der Waals surface area contributed by atoms with E-state index in [0.717, 1.165) is 23.3 Å². The maximum absolute atomic E-state index is 12.2. The number of nitrogens with one attached hydrogen (secondary N) is 2. The van der Waals surface area contributed by atoms with Gasteiger partial charge < -0.3 is 10.1 Å². The molecule has 0 bridgehead atoms. The van der Waals surface area contributed by atoms with Gasteiger partial charge in [-0.1, -0.05) is 30.7 Å². The van der Waals surface area contributed by atoms with Gasteiger partial charge >= 0.3 is 12.0 Å². The number of ether oxygens (including phenoxy) is 1. The minimum Gasteiger partial charge on any atom is -0.451 e. The average molecular weight is 410 g/mol. The highest BCUT2D eigenvalue weighted by Gasteiger charge is 2.19. The Balaban J connectivity index is 1.94. The monoisotopic (exact) mass is 409 g/mol. The van der Waals surface area contributed by atoms with Crippen LogP contribution in [0.2, 0.25) is 5.02 Å². The van der Waals surface area contributed by atoms with Crippen molar-refractivity contribution in [1.82, 2.24) is 15.6 Å². The molecule has 1 aromatic heterocycles. The van der Waals surface area contributed by atoms with Crippen LogP contribution < -0.4 is 10.6 Å². The summed E-state index contributed by atoms with van der Waals surface area (Å²) >= 11 is 7.13. The number of urea groups is 1. The van der Waals surface area contributed by atoms with Crippen LogP contribution in [0, 0.1) is 6.92 Å². The lowest BCUT2D eigenvalue weighted by Crippen LogP contribution is -2.44. The molecule has 0 aliphatic heterocycles. The van der Waals surface area contributed by atoms with Gasteiger partial charge in [0.25, 0.3) is 5.91 Å². The van der Waals surface area contributed by atoms with E-state index >= 15 is 0 Å². The van der Waals surface area contributed by atoms with E-state index in [2.05, 4.69) is 15.6 Å². The summed E-state index contributed by atoms with van der Waals surface area (Å²) in [6.07, 6.45) is 0.732. The molecule has 27 heavy (non-hydrogen) atoms. The zero-order valence-corrected chi connectivity index (χ0v) is 16.7. The highest BCUT2D eigenvalue weighted by molar-refractivity contribution is 7.17. The van der Waals surface area contributed by atoms with Gasteiger partial charge in [-0.15, -0.1) is 11.3 Å². The Morgan fingerprint density at radius 2 is 2.07 bits per heavy atom. The summed E-state index contributed by atoms with van der Waals surface area (Å²) in [5.74, 6) is -1.38. The highest BCUT2D eigenvalue weighted by atomic mass is 35.5. The predicted molar refractivity (Wildman–Crippen MR) is 104 cm³/mol. The molecule has 1 atom stereocenters. The Hall–Kier alpha value is -2.45. The number of imide groups is 1. The molecule has 7 nitrogen and oxygen atoms in total. The second-order valence-electron chi connectivity index (χ2n) is 5.85. The van der Waals surface area contributed by atoms with E-state index in [1.807, 2.05) is 19.9 Å². The number of hydrogen-bond acceptors (Lipinski definition) is 6. The number of thiazole rings is 1. The van der Waals surface area contributed by atoms with Gasteiger partial charge in [0.1, 0.15) is 9.88 Å². The molecule has 3 amide bonds. The minimum atomic E-state index is -0.707. The average Bonchev–Trinajstić information content (AvgIpc) is 3.01. The molecular formula is C18H20ClN3O4S. The van der Waals surface area contributed by atoms with Crippen LogP contribution in [-0.2, 0) is 9.53 Å². The third-order valence-corrected chi connectivity index (χ3v) is 5.05. The number of aromatic nitrogens is 1. The molecule has 1 heterocycles. The van der Waals surface area contributed by atoms with Gasteiger partial charge in [-0.05, 0) is 32.4 Å². The van der Waals surface area contributed by atoms with Crippen molar-refractivity contribution in [1.29, 1.82) is 0 Å². The Labute approximate surface area is 166 Å². The van der Waals surface area contributed by atoms with Gasteiger partial charge in [0.05, 0.1) is 5.69 Å². The number of halogens is 1. The van der Waals surface area contributed by atoms with Gasteiger partial charge in [-0.3, -0.25) is 10.1 Å². The van der Waals surface area contributed by atoms with Crippen LogP contribution in [-0.4, -0.2) is 35.5 Å². The standard InChI is InChI=1S/C18H20ClN3O4S/c1-4-10(2)20-18(25)22-14(23)9-26-17(24)15-11(3)21-16(27-15)12-6-5-7-13(19)8-12/h5-8,10H,4,9H2,1-3H3,(H2,20,22,23,25)/t10-/m1/s1. The molecule has 0 saturated carbocycles. The van der Waals surface area contributed by atoms with E-state index < -0.39 is 24.5 Å². The molecule has 2 rings (SSSR count). The number of benzene rings is 1. The summed E-state index contributed by atoms with van der Waals surface area (Å²) in [5.41, 5.74) is 1.28. The lowest BCUT2D eigenvalue weighted by Gasteiger charge is -2.11. The van der Waals surface area contributed by atoms with Crippen LogP contribution in [0.4, 0.5) is 4.79 Å². The number of amides is 3. The van der Waals surface area contributed by atoms with Crippen LogP contribution in [0.5, 0.6) is 0 Å². The molecule has 0 aliphatic rings. The molecule has 0 unspecified atom stereocenters. The van der Waals surface area contributed by atoms with E-state index in [4.69, 9.17) is 16.3 Å². The quantitative estimate of drug-likeness (QED) is 0.711. The lowest BCUT2D eigenvalue weighted by molar-refractivity contribution is -0.123. The van der Waals surface area contributed by atoms with Crippen LogP contribution in [0.25, 0.3) is 10.6 Å². The molecule has 144 valence electrons. The van der Waals surface area contributed by atoms with Gasteiger partial charge in [-0.25, -0.2) is 14.6 Å². The minimum absolute atomic E-state index is 0.0647. The number of nitrogens with zero attached hydrogens (tertiary/aromatic N) is 1. The third-order valence-electron chi connectivity index (χ3n) is 3.63. The topological polar surface area (TPSA) is 97.4 Å². The summed E-state index contributed by atoms with van der Waals surface area (Å²) in [5, 5.41) is 5.89. The first-order valence-electron chi connectivity index (χ1n) is 8.31. The number of hydrogen-bond donors (Lipinski definition) is 2. The second kappa shape index (κ2) is 9.48. The van der Waals surface area contributed by atoms with Crippen LogP contribution in [0.1, 0.15) is 35.6 Å². The van der Waals surface area contributed by atoms with E-state index in [1.54, 1.807) is 25.1 Å². The zero-order valence-electron chi connectivity index (χ0n) is 15.2. The number of carbonyl (C=O) groups excluding carboxylic acids is 3. The Morgan fingerprint density at radius 1 is 1.33 bits per heavy atom. The van der Waals surface area contributed by atoms with Crippen molar-refractivity contribution in [3.05, 3.63) is 39.9 Å². The number of carbonyl (C=O) groups is 3. The number of esters is 1. The van der Waals surface area contributed by atoms with Crippen molar-refractivity contribution in [3.63, 3.8) is 0 Å². The van der Waals surface area contributed by atoms with E-state index in [9.17, 15) is 14.4 Å². The maximum atomic E-state index is 12.2. The van der Waals surface area contributed by atoms with Crippen molar-refractivity contribution < 1.29 is 19.1 Å². The van der Waals surface area contributed by atoms with Gasteiger partial charge in [0.2, 0.25) is 0 Å². The van der Waals surface area contributed by atoms with Gasteiger partial charge in [-0.2, -0.15) is 0 Å². The summed E-state index contributed by atoms with van der Waals surface area (Å²) < 4.78 is 4.99. The summed E-state index contributed by atoms with van der Waals surface area (Å²) in [6.45, 7) is 4.84. The summed E-state index contributed by atoms with van der Waals surface area (Å²) in [7, 11) is 0. The number of aryl methyl sites for hydroxylation is 1. The van der Waals surface area contributed by atoms with Crippen molar-refractivity contribution in [2.45, 2.75) is 33.2 Å². The summed E-state index contributed by atoms with van der Waals surface area (Å²) in [4.78, 5) is 40.2. The summed E-state index contributed by atoms with van der Waals surface area (Å²) in [6, 6.07) is 6.44. The molecule has 1 aromatic carbocycles. The normalized spacial score (nSPS) is 11.6.